The highest BCUT2D eigenvalue weighted by molar-refractivity contribution is 7.91. The van der Waals surface area contributed by atoms with Crippen molar-refractivity contribution in [3.05, 3.63) is 89.6 Å². The maximum Gasteiger partial charge on any atom is 0.408 e. The van der Waals surface area contributed by atoms with Crippen molar-refractivity contribution in [3.8, 4) is 23.0 Å². The van der Waals surface area contributed by atoms with Gasteiger partial charge in [0.25, 0.3) is 11.8 Å². The van der Waals surface area contributed by atoms with Crippen LogP contribution in [0.1, 0.15) is 58.1 Å². The first-order chi connectivity index (χ1) is 22.7. The number of hydrogen-bond acceptors (Lipinski definition) is 9. The summed E-state index contributed by atoms with van der Waals surface area (Å²) in [4.78, 5) is 27.8. The molecule has 4 aromatic rings. The molecule has 2 amide bonds. The summed E-state index contributed by atoms with van der Waals surface area (Å²) in [6.07, 6.45) is -1.31. The van der Waals surface area contributed by atoms with Crippen LogP contribution in [0.15, 0.2) is 71.1 Å². The van der Waals surface area contributed by atoms with Gasteiger partial charge in [-0.05, 0) is 76.6 Å². The van der Waals surface area contributed by atoms with E-state index in [4.69, 9.17) is 13.9 Å². The average molecular weight is 701 g/mol. The number of alkyl carbamates (subject to hydrolysis) is 1. The minimum atomic E-state index is -3.82. The standard InChI is InChI=1S/C34H35F3N4O7S/c1-32(2,3)48-31(43)38-26-18-34(36,37)24-17-25(35)23(28-39-40-30(47-28)33(4,5)49(6,44)45)16-27(24)41(29(26)42)19-20-12-14-22(15-13-20)46-21-10-8-7-9-11-21/h7-17,26H,18-19H2,1-6H3,(H,38,43)/t26-/m1/s1. The highest BCUT2D eigenvalue weighted by atomic mass is 32.2. The van der Waals surface area contributed by atoms with Crippen molar-refractivity contribution in [2.24, 2.45) is 0 Å². The third kappa shape index (κ3) is 7.71. The fourth-order valence-electron chi connectivity index (χ4n) is 4.93. The monoisotopic (exact) mass is 700 g/mol. The number of alkyl halides is 2. The van der Waals surface area contributed by atoms with Gasteiger partial charge in [-0.1, -0.05) is 30.3 Å². The molecule has 49 heavy (non-hydrogen) atoms. The number of ether oxygens (including phenoxy) is 2. The largest absolute Gasteiger partial charge is 0.457 e. The Bertz CT molecular complexity index is 1980. The number of sulfone groups is 1. The molecular formula is C34H35F3N4O7S. The molecule has 3 aromatic carbocycles. The summed E-state index contributed by atoms with van der Waals surface area (Å²) < 4.78 is 87.3. The minimum Gasteiger partial charge on any atom is -0.457 e. The van der Waals surface area contributed by atoms with E-state index in [1.165, 1.54) is 13.8 Å². The van der Waals surface area contributed by atoms with Crippen molar-refractivity contribution in [3.63, 3.8) is 0 Å². The van der Waals surface area contributed by atoms with E-state index >= 15 is 13.2 Å². The summed E-state index contributed by atoms with van der Waals surface area (Å²) in [6.45, 7) is 7.10. The molecule has 1 aromatic heterocycles. The van der Waals surface area contributed by atoms with E-state index in [9.17, 15) is 18.0 Å². The number of carbonyl (C=O) groups is 2. The zero-order chi connectivity index (χ0) is 35.9. The van der Waals surface area contributed by atoms with Crippen LogP contribution in [-0.2, 0) is 36.6 Å². The molecule has 0 bridgehead atoms. The van der Waals surface area contributed by atoms with Crippen molar-refractivity contribution >= 4 is 27.5 Å². The molecule has 0 unspecified atom stereocenters. The molecule has 0 saturated carbocycles. The number of amides is 2. The van der Waals surface area contributed by atoms with E-state index in [-0.39, 0.29) is 18.1 Å². The number of halogens is 3. The van der Waals surface area contributed by atoms with Crippen LogP contribution in [-0.4, -0.2) is 48.5 Å². The van der Waals surface area contributed by atoms with Crippen molar-refractivity contribution in [2.75, 3.05) is 11.2 Å². The molecule has 15 heteroatoms. The van der Waals surface area contributed by atoms with Gasteiger partial charge in [-0.25, -0.2) is 26.4 Å². The van der Waals surface area contributed by atoms with Crippen molar-refractivity contribution in [2.45, 2.75) is 69.9 Å². The van der Waals surface area contributed by atoms with Gasteiger partial charge in [0.1, 0.15) is 33.7 Å². The maximum atomic E-state index is 16.0. The van der Waals surface area contributed by atoms with Gasteiger partial charge in [-0.15, -0.1) is 10.2 Å². The minimum absolute atomic E-state index is 0.276. The van der Waals surface area contributed by atoms with E-state index in [1.54, 1.807) is 57.2 Å². The third-order valence-electron chi connectivity index (χ3n) is 7.83. The quantitative estimate of drug-likeness (QED) is 0.209. The molecule has 1 aliphatic heterocycles. The summed E-state index contributed by atoms with van der Waals surface area (Å²) >= 11 is 0. The molecule has 0 radical (unpaired) electrons. The highest BCUT2D eigenvalue weighted by Gasteiger charge is 2.47. The topological polar surface area (TPSA) is 141 Å². The Morgan fingerprint density at radius 1 is 1.02 bits per heavy atom. The number of hydrogen-bond donors (Lipinski definition) is 1. The molecule has 0 saturated heterocycles. The summed E-state index contributed by atoms with van der Waals surface area (Å²) in [7, 11) is -3.76. The summed E-state index contributed by atoms with van der Waals surface area (Å²) in [5.41, 5.74) is -2.15. The Balaban J connectivity index is 1.58. The second kappa shape index (κ2) is 12.8. The van der Waals surface area contributed by atoms with Gasteiger partial charge in [-0.3, -0.25) is 4.79 Å². The summed E-state index contributed by atoms with van der Waals surface area (Å²) in [5.74, 6) is -5.69. The molecule has 11 nitrogen and oxygen atoms in total. The molecule has 1 aliphatic rings. The van der Waals surface area contributed by atoms with Crippen LogP contribution >= 0.6 is 0 Å². The lowest BCUT2D eigenvalue weighted by molar-refractivity contribution is -0.123. The average Bonchev–Trinajstić information content (AvgIpc) is 3.48. The van der Waals surface area contributed by atoms with E-state index in [2.05, 4.69) is 15.5 Å². The predicted molar refractivity (Wildman–Crippen MR) is 173 cm³/mol. The first-order valence-corrected chi connectivity index (χ1v) is 17.0. The van der Waals surface area contributed by atoms with Crippen molar-refractivity contribution < 1.29 is 45.1 Å². The Labute approximate surface area is 281 Å². The van der Waals surface area contributed by atoms with E-state index in [1.807, 2.05) is 18.2 Å². The van der Waals surface area contributed by atoms with Crippen LogP contribution in [0.25, 0.3) is 11.5 Å². The van der Waals surface area contributed by atoms with Gasteiger partial charge >= 0.3 is 6.09 Å². The molecule has 1 N–H and O–H groups in total. The number of para-hydroxylation sites is 1. The van der Waals surface area contributed by atoms with Crippen molar-refractivity contribution in [1.29, 1.82) is 0 Å². The number of nitrogens with zero attached hydrogens (tertiary/aromatic N) is 3. The number of nitrogens with one attached hydrogen (secondary N) is 1. The zero-order valence-electron chi connectivity index (χ0n) is 27.6. The van der Waals surface area contributed by atoms with Gasteiger partial charge < -0.3 is 24.1 Å². The van der Waals surface area contributed by atoms with Crippen LogP contribution < -0.4 is 15.0 Å². The first kappa shape index (κ1) is 35.4. The molecule has 260 valence electrons. The van der Waals surface area contributed by atoms with Gasteiger partial charge in [0.15, 0.2) is 9.84 Å². The number of aromatic nitrogens is 2. The van der Waals surface area contributed by atoms with E-state index < -0.39 is 73.4 Å². The fourth-order valence-corrected chi connectivity index (χ4v) is 5.33. The number of fused-ring (bicyclic) bond motifs is 1. The molecule has 5 rings (SSSR count). The fraction of sp³-hybridized carbons (Fsp3) is 0.353. The molecule has 2 heterocycles. The Kier molecular flexibility index (Phi) is 9.27. The second-order valence-electron chi connectivity index (χ2n) is 13.1. The van der Waals surface area contributed by atoms with Gasteiger partial charge in [0.2, 0.25) is 11.8 Å². The Morgan fingerprint density at radius 3 is 2.27 bits per heavy atom. The van der Waals surface area contributed by atoms with Crippen LogP contribution in [0.4, 0.5) is 23.7 Å². The molecular weight excluding hydrogens is 665 g/mol. The first-order valence-electron chi connectivity index (χ1n) is 15.1. The zero-order valence-corrected chi connectivity index (χ0v) is 28.4. The van der Waals surface area contributed by atoms with Gasteiger partial charge in [-0.2, -0.15) is 0 Å². The third-order valence-corrected chi connectivity index (χ3v) is 9.85. The molecule has 0 aliphatic carbocycles. The second-order valence-corrected chi connectivity index (χ2v) is 15.7. The lowest BCUT2D eigenvalue weighted by atomic mass is 9.99. The van der Waals surface area contributed by atoms with Crippen molar-refractivity contribution in [1.82, 2.24) is 15.5 Å². The van der Waals surface area contributed by atoms with Crippen LogP contribution in [0.5, 0.6) is 11.5 Å². The number of benzene rings is 3. The highest BCUT2D eigenvalue weighted by Crippen LogP contribution is 2.45. The van der Waals surface area contributed by atoms with E-state index in [0.29, 0.717) is 23.1 Å². The molecule has 0 fully saturated rings. The predicted octanol–water partition coefficient (Wildman–Crippen LogP) is 6.87. The summed E-state index contributed by atoms with van der Waals surface area (Å²) in [5, 5.41) is 9.84. The number of rotatable bonds is 8. The number of anilines is 1. The molecule has 0 spiro atoms. The summed E-state index contributed by atoms with van der Waals surface area (Å²) in [6, 6.07) is 15.3. The maximum absolute atomic E-state index is 16.0. The smallest absolute Gasteiger partial charge is 0.408 e. The lowest BCUT2D eigenvalue weighted by Gasteiger charge is -2.27. The van der Waals surface area contributed by atoms with Crippen LogP contribution in [0.3, 0.4) is 0 Å². The van der Waals surface area contributed by atoms with Gasteiger partial charge in [0, 0.05) is 18.2 Å². The van der Waals surface area contributed by atoms with Crippen LogP contribution in [0.2, 0.25) is 0 Å². The Hall–Kier alpha value is -4.92. The molecule has 1 atom stereocenters. The Morgan fingerprint density at radius 2 is 1.65 bits per heavy atom. The normalized spacial score (nSPS) is 16.5. The number of carbonyl (C=O) groups excluding carboxylic acids is 2. The SMILES string of the molecule is CC(C)(C)OC(=O)N[C@@H]1CC(F)(F)c2cc(F)c(-c3nnc(C(C)(C)S(C)(=O)=O)o3)cc2N(Cc2ccc(Oc3ccccc3)cc2)C1=O. The van der Waals surface area contributed by atoms with Gasteiger partial charge in [0.05, 0.1) is 17.8 Å². The lowest BCUT2D eigenvalue weighted by Crippen LogP contribution is -2.49. The van der Waals surface area contributed by atoms with Crippen LogP contribution in [0, 0.1) is 5.82 Å². The van der Waals surface area contributed by atoms with E-state index in [0.717, 1.165) is 17.2 Å².